The molecular formula is C19H27NO4. The topological polar surface area (TPSA) is 62.2 Å². The Morgan fingerprint density at radius 1 is 1.21 bits per heavy atom. The highest BCUT2D eigenvalue weighted by molar-refractivity contribution is 5.67. The van der Waals surface area contributed by atoms with Crippen LogP contribution in [-0.2, 0) is 9.47 Å². The second-order valence-corrected chi connectivity index (χ2v) is 6.58. The molecule has 2 aliphatic rings. The minimum Gasteiger partial charge on any atom is -0.508 e. The maximum absolute atomic E-state index is 10.2. The van der Waals surface area contributed by atoms with Gasteiger partial charge in [0.05, 0.1) is 18.8 Å². The Morgan fingerprint density at radius 2 is 1.96 bits per heavy atom. The van der Waals surface area contributed by atoms with Crippen LogP contribution in [0, 0.1) is 0 Å². The van der Waals surface area contributed by atoms with Crippen LogP contribution in [0.3, 0.4) is 0 Å². The summed E-state index contributed by atoms with van der Waals surface area (Å²) in [4.78, 5) is 2.25. The van der Waals surface area contributed by atoms with E-state index >= 15 is 0 Å². The van der Waals surface area contributed by atoms with E-state index in [0.29, 0.717) is 18.9 Å². The SMILES string of the molecule is Oc1ccc(C2=CCN(CC(O)COC3CCOCC3)CC2)cc1. The molecule has 0 amide bonds. The highest BCUT2D eigenvalue weighted by atomic mass is 16.5. The van der Waals surface area contributed by atoms with Crippen molar-refractivity contribution in [2.45, 2.75) is 31.5 Å². The van der Waals surface area contributed by atoms with E-state index in [1.54, 1.807) is 12.1 Å². The molecule has 0 saturated carbocycles. The van der Waals surface area contributed by atoms with Crippen molar-refractivity contribution in [1.82, 2.24) is 4.90 Å². The van der Waals surface area contributed by atoms with Crippen LogP contribution in [0.15, 0.2) is 30.3 Å². The van der Waals surface area contributed by atoms with Gasteiger partial charge in [-0.3, -0.25) is 4.90 Å². The van der Waals surface area contributed by atoms with Crippen molar-refractivity contribution >= 4 is 5.57 Å². The van der Waals surface area contributed by atoms with Crippen LogP contribution in [0.2, 0.25) is 0 Å². The van der Waals surface area contributed by atoms with E-state index in [9.17, 15) is 10.2 Å². The lowest BCUT2D eigenvalue weighted by atomic mass is 9.99. The predicted octanol–water partition coefficient (Wildman–Crippen LogP) is 2.04. The first-order valence-corrected chi connectivity index (χ1v) is 8.79. The monoisotopic (exact) mass is 333 g/mol. The molecule has 0 aliphatic carbocycles. The number of nitrogens with zero attached hydrogens (tertiary/aromatic N) is 1. The largest absolute Gasteiger partial charge is 0.508 e. The maximum atomic E-state index is 10.2. The summed E-state index contributed by atoms with van der Waals surface area (Å²) in [6, 6.07) is 7.35. The summed E-state index contributed by atoms with van der Waals surface area (Å²) in [5.74, 6) is 0.296. The minimum absolute atomic E-state index is 0.232. The van der Waals surface area contributed by atoms with E-state index in [4.69, 9.17) is 9.47 Å². The third-order valence-electron chi connectivity index (χ3n) is 4.69. The summed E-state index contributed by atoms with van der Waals surface area (Å²) in [5, 5.41) is 19.6. The highest BCUT2D eigenvalue weighted by Gasteiger charge is 2.19. The molecule has 0 aromatic heterocycles. The molecule has 5 nitrogen and oxygen atoms in total. The molecule has 3 rings (SSSR count). The van der Waals surface area contributed by atoms with Crippen molar-refractivity contribution < 1.29 is 19.7 Å². The summed E-state index contributed by atoms with van der Waals surface area (Å²) < 4.78 is 11.1. The average Bonchev–Trinajstić information content (AvgIpc) is 2.62. The Hall–Kier alpha value is -1.40. The van der Waals surface area contributed by atoms with Gasteiger partial charge in [-0.2, -0.15) is 0 Å². The van der Waals surface area contributed by atoms with Crippen LogP contribution in [0.25, 0.3) is 5.57 Å². The summed E-state index contributed by atoms with van der Waals surface area (Å²) in [6.45, 7) is 4.33. The van der Waals surface area contributed by atoms with Gasteiger partial charge in [-0.05, 0) is 42.5 Å². The van der Waals surface area contributed by atoms with Crippen molar-refractivity contribution in [3.05, 3.63) is 35.9 Å². The van der Waals surface area contributed by atoms with Crippen LogP contribution in [0.1, 0.15) is 24.8 Å². The fourth-order valence-electron chi connectivity index (χ4n) is 3.26. The number of aliphatic hydroxyl groups excluding tert-OH is 1. The lowest BCUT2D eigenvalue weighted by Crippen LogP contribution is -2.38. The number of hydrogen-bond acceptors (Lipinski definition) is 5. The molecule has 0 spiro atoms. The van der Waals surface area contributed by atoms with Crippen LogP contribution in [-0.4, -0.2) is 66.8 Å². The number of benzene rings is 1. The first kappa shape index (κ1) is 17.4. The standard InChI is InChI=1S/C19H27NO4/c21-17-3-1-15(2-4-17)16-5-9-20(10-6-16)13-18(22)14-24-19-7-11-23-12-8-19/h1-5,18-19,21-22H,6-14H2. The molecule has 2 aliphatic heterocycles. The van der Waals surface area contributed by atoms with Crippen molar-refractivity contribution in [2.24, 2.45) is 0 Å². The number of phenolic OH excluding ortho intramolecular Hbond substituents is 1. The fourth-order valence-corrected chi connectivity index (χ4v) is 3.26. The van der Waals surface area contributed by atoms with Crippen LogP contribution in [0.4, 0.5) is 0 Å². The number of hydrogen-bond donors (Lipinski definition) is 2. The van der Waals surface area contributed by atoms with Crippen molar-refractivity contribution in [3.8, 4) is 5.75 Å². The number of rotatable bonds is 6. The summed E-state index contributed by atoms with van der Waals surface area (Å²) in [7, 11) is 0. The molecule has 0 radical (unpaired) electrons. The van der Waals surface area contributed by atoms with Gasteiger partial charge in [0.2, 0.25) is 0 Å². The van der Waals surface area contributed by atoms with Crippen LogP contribution in [0.5, 0.6) is 5.75 Å². The Morgan fingerprint density at radius 3 is 2.62 bits per heavy atom. The molecule has 2 heterocycles. The molecule has 1 aromatic rings. The lowest BCUT2D eigenvalue weighted by molar-refractivity contribution is -0.0637. The zero-order chi connectivity index (χ0) is 16.8. The molecule has 1 fully saturated rings. The van der Waals surface area contributed by atoms with Gasteiger partial charge >= 0.3 is 0 Å². The van der Waals surface area contributed by atoms with Gasteiger partial charge in [0.1, 0.15) is 5.75 Å². The molecular weight excluding hydrogens is 306 g/mol. The third-order valence-corrected chi connectivity index (χ3v) is 4.69. The Bertz CT molecular complexity index is 537. The zero-order valence-electron chi connectivity index (χ0n) is 14.1. The molecule has 2 N–H and O–H groups in total. The number of β-amino-alcohol motifs (C(OH)–C–C–N with tert-alkyl or cyclic N) is 1. The average molecular weight is 333 g/mol. The Balaban J connectivity index is 1.41. The van der Waals surface area contributed by atoms with Crippen molar-refractivity contribution in [3.63, 3.8) is 0 Å². The summed E-state index contributed by atoms with van der Waals surface area (Å²) in [6.07, 6.45) is 4.80. The van der Waals surface area contributed by atoms with E-state index in [1.807, 2.05) is 12.1 Å². The summed E-state index contributed by atoms with van der Waals surface area (Å²) in [5.41, 5.74) is 2.47. The molecule has 1 aromatic carbocycles. The molecule has 132 valence electrons. The predicted molar refractivity (Wildman–Crippen MR) is 92.9 cm³/mol. The highest BCUT2D eigenvalue weighted by Crippen LogP contribution is 2.24. The number of aromatic hydroxyl groups is 1. The quantitative estimate of drug-likeness (QED) is 0.834. The Labute approximate surface area is 143 Å². The third kappa shape index (κ3) is 5.05. The summed E-state index contributed by atoms with van der Waals surface area (Å²) >= 11 is 0. The van der Waals surface area contributed by atoms with Crippen LogP contribution >= 0.6 is 0 Å². The smallest absolute Gasteiger partial charge is 0.115 e. The second-order valence-electron chi connectivity index (χ2n) is 6.58. The van der Waals surface area contributed by atoms with Crippen molar-refractivity contribution in [1.29, 1.82) is 0 Å². The van der Waals surface area contributed by atoms with Gasteiger partial charge in [-0.1, -0.05) is 18.2 Å². The molecule has 5 heteroatoms. The number of phenols is 1. The zero-order valence-corrected chi connectivity index (χ0v) is 14.1. The fraction of sp³-hybridized carbons (Fsp3) is 0.579. The van der Waals surface area contributed by atoms with E-state index in [1.165, 1.54) is 5.57 Å². The number of ether oxygens (including phenoxy) is 2. The van der Waals surface area contributed by atoms with E-state index in [0.717, 1.165) is 51.1 Å². The second kappa shape index (κ2) is 8.62. The van der Waals surface area contributed by atoms with E-state index in [-0.39, 0.29) is 6.10 Å². The minimum atomic E-state index is -0.448. The van der Waals surface area contributed by atoms with Crippen molar-refractivity contribution in [2.75, 3.05) is 39.5 Å². The first-order valence-electron chi connectivity index (χ1n) is 8.79. The molecule has 0 bridgehead atoms. The van der Waals surface area contributed by atoms with Gasteiger partial charge < -0.3 is 19.7 Å². The first-order chi connectivity index (χ1) is 11.7. The maximum Gasteiger partial charge on any atom is 0.115 e. The molecule has 1 atom stereocenters. The van der Waals surface area contributed by atoms with E-state index in [2.05, 4.69) is 11.0 Å². The van der Waals surface area contributed by atoms with Crippen LogP contribution < -0.4 is 0 Å². The molecule has 24 heavy (non-hydrogen) atoms. The van der Waals surface area contributed by atoms with Gasteiger partial charge in [-0.15, -0.1) is 0 Å². The van der Waals surface area contributed by atoms with Gasteiger partial charge in [0.15, 0.2) is 0 Å². The molecule has 1 unspecified atom stereocenters. The van der Waals surface area contributed by atoms with Gasteiger partial charge in [0.25, 0.3) is 0 Å². The lowest BCUT2D eigenvalue weighted by Gasteiger charge is -2.29. The van der Waals surface area contributed by atoms with Gasteiger partial charge in [-0.25, -0.2) is 0 Å². The Kier molecular flexibility index (Phi) is 6.26. The number of aliphatic hydroxyl groups is 1. The normalized spacial score (nSPS) is 21.5. The van der Waals surface area contributed by atoms with E-state index < -0.39 is 6.10 Å². The van der Waals surface area contributed by atoms with Gasteiger partial charge in [0, 0.05) is 32.8 Å². The molecule has 1 saturated heterocycles.